The van der Waals surface area contributed by atoms with Crippen molar-refractivity contribution in [2.45, 2.75) is 64.1 Å². The van der Waals surface area contributed by atoms with Gasteiger partial charge >= 0.3 is 6.09 Å². The second-order valence-corrected chi connectivity index (χ2v) is 8.83. The number of hydrogen-bond acceptors (Lipinski definition) is 6. The van der Waals surface area contributed by atoms with Crippen molar-refractivity contribution in [1.29, 1.82) is 0 Å². The van der Waals surface area contributed by atoms with E-state index in [4.69, 9.17) is 21.3 Å². The van der Waals surface area contributed by atoms with Crippen molar-refractivity contribution in [1.82, 2.24) is 10.6 Å². The van der Waals surface area contributed by atoms with E-state index in [-0.39, 0.29) is 5.41 Å². The zero-order chi connectivity index (χ0) is 21.4. The Morgan fingerprint density at radius 3 is 2.59 bits per heavy atom. The van der Waals surface area contributed by atoms with Gasteiger partial charge in [-0.05, 0) is 58.2 Å². The molecule has 2 aliphatic rings. The maximum atomic E-state index is 12.2. The molecule has 1 saturated carbocycles. The highest BCUT2D eigenvalue weighted by molar-refractivity contribution is 6.33. The number of carbonyl (C=O) groups is 1. The Balaban J connectivity index is 1.91. The molecule has 0 bridgehead atoms. The molecule has 3 rings (SSSR count). The van der Waals surface area contributed by atoms with Crippen molar-refractivity contribution in [3.05, 3.63) is 22.7 Å². The normalized spacial score (nSPS) is 18.1. The van der Waals surface area contributed by atoms with Crippen LogP contribution in [0.1, 0.15) is 52.5 Å². The molecule has 1 amide bonds. The Labute approximate surface area is 176 Å². The van der Waals surface area contributed by atoms with Gasteiger partial charge in [-0.25, -0.2) is 14.8 Å². The summed E-state index contributed by atoms with van der Waals surface area (Å²) in [5, 5.41) is 16.2. The summed E-state index contributed by atoms with van der Waals surface area (Å²) < 4.78 is 5.34. The number of halogens is 1. The molecule has 2 N–H and O–H groups in total. The van der Waals surface area contributed by atoms with Crippen molar-refractivity contribution < 1.29 is 9.53 Å². The van der Waals surface area contributed by atoms with Gasteiger partial charge in [-0.1, -0.05) is 23.2 Å². The van der Waals surface area contributed by atoms with Crippen LogP contribution < -0.4 is 15.6 Å². The average Bonchev–Trinajstić information content (AvgIpc) is 2.90. The van der Waals surface area contributed by atoms with Gasteiger partial charge in [0, 0.05) is 7.05 Å². The lowest BCUT2D eigenvalue weighted by molar-refractivity contribution is 0.0507. The number of amides is 1. The maximum absolute atomic E-state index is 12.2. The Bertz CT molecular complexity index is 857. The van der Waals surface area contributed by atoms with E-state index in [1.807, 2.05) is 40.0 Å². The first-order valence-corrected chi connectivity index (χ1v) is 10.2. The van der Waals surface area contributed by atoms with Crippen LogP contribution in [0.15, 0.2) is 27.5 Å². The minimum absolute atomic E-state index is 0.0518. The van der Waals surface area contributed by atoms with Crippen LogP contribution in [0.3, 0.4) is 0 Å². The smallest absolute Gasteiger partial charge is 0.409 e. The lowest BCUT2D eigenvalue weighted by atomic mass is 9.64. The minimum Gasteiger partial charge on any atom is -0.444 e. The molecule has 1 aliphatic carbocycles. The van der Waals surface area contributed by atoms with Gasteiger partial charge in [0.15, 0.2) is 0 Å². The fourth-order valence-electron chi connectivity index (χ4n) is 3.86. The number of alkyl carbamates (subject to hydrolysis) is 1. The van der Waals surface area contributed by atoms with Crippen LogP contribution in [0.2, 0.25) is 5.02 Å². The number of likely N-dealkylation sites (N-methyl/N-ethyl adjacent to an activating group) is 1. The predicted molar refractivity (Wildman–Crippen MR) is 115 cm³/mol. The standard InChI is InChI=1S/C20H29ClN6O2/c1-12(24-18(28)29-19(2,3)4)27(26-23-6)16-11-15-13(10-14(16)21)20(8-7-9-20)17(22-5)25-15/h10-12H,7-9H2,1-6H3,(H,22,25)(H,24,28)/b26-23-. The summed E-state index contributed by atoms with van der Waals surface area (Å²) in [6.45, 7) is 7.22. The Morgan fingerprint density at radius 2 is 2.07 bits per heavy atom. The average molecular weight is 421 g/mol. The maximum Gasteiger partial charge on any atom is 0.409 e. The molecule has 1 spiro atoms. The molecule has 158 valence electrons. The first-order chi connectivity index (χ1) is 13.6. The van der Waals surface area contributed by atoms with Gasteiger partial charge in [0.05, 0.1) is 28.9 Å². The zero-order valence-corrected chi connectivity index (χ0v) is 18.6. The van der Waals surface area contributed by atoms with Crippen LogP contribution in [0.5, 0.6) is 0 Å². The molecular weight excluding hydrogens is 392 g/mol. The molecule has 1 fully saturated rings. The van der Waals surface area contributed by atoms with Crippen molar-refractivity contribution in [2.24, 2.45) is 15.3 Å². The fraction of sp³-hybridized carbons (Fsp3) is 0.600. The third kappa shape index (κ3) is 4.03. The monoisotopic (exact) mass is 420 g/mol. The van der Waals surface area contributed by atoms with Gasteiger partial charge in [0.1, 0.15) is 17.6 Å². The van der Waals surface area contributed by atoms with Crippen LogP contribution in [0.4, 0.5) is 16.2 Å². The van der Waals surface area contributed by atoms with Gasteiger partial charge in [0.2, 0.25) is 0 Å². The van der Waals surface area contributed by atoms with Crippen LogP contribution in [0.25, 0.3) is 0 Å². The Hall–Kier alpha value is -2.35. The van der Waals surface area contributed by atoms with E-state index >= 15 is 0 Å². The molecule has 1 aromatic rings. The van der Waals surface area contributed by atoms with Gasteiger partial charge in [-0.15, -0.1) is 0 Å². The number of nitrogens with one attached hydrogen (secondary N) is 2. The number of nitrogens with zero attached hydrogens (tertiary/aromatic N) is 4. The number of amidine groups is 1. The SMILES string of the molecule is C/N=N\N(c1cc2c(cc1Cl)C1(CCC1)C(NC)=N2)C(C)NC(=O)OC(C)(C)C. The lowest BCUT2D eigenvalue weighted by Crippen LogP contribution is -2.46. The summed E-state index contributed by atoms with van der Waals surface area (Å²) in [4.78, 5) is 17.0. The van der Waals surface area contributed by atoms with Gasteiger partial charge in [-0.3, -0.25) is 5.32 Å². The fourth-order valence-corrected chi connectivity index (χ4v) is 4.11. The molecule has 1 unspecified atom stereocenters. The highest BCUT2D eigenvalue weighted by Gasteiger charge is 2.48. The molecule has 1 aromatic carbocycles. The molecule has 1 atom stereocenters. The second-order valence-electron chi connectivity index (χ2n) is 8.42. The highest BCUT2D eigenvalue weighted by atomic mass is 35.5. The summed E-state index contributed by atoms with van der Waals surface area (Å²) in [5.41, 5.74) is 1.98. The molecule has 8 nitrogen and oxygen atoms in total. The lowest BCUT2D eigenvalue weighted by Gasteiger charge is -2.40. The topological polar surface area (TPSA) is 90.7 Å². The molecule has 1 aliphatic heterocycles. The number of rotatable bonds is 4. The number of ether oxygens (including phenoxy) is 1. The predicted octanol–water partition coefficient (Wildman–Crippen LogP) is 4.70. The van der Waals surface area contributed by atoms with Crippen LogP contribution in [0, 0.1) is 0 Å². The summed E-state index contributed by atoms with van der Waals surface area (Å²) in [5.74, 6) is 0.982. The minimum atomic E-state index is -0.596. The van der Waals surface area contributed by atoms with Crippen molar-refractivity contribution in [2.75, 3.05) is 19.1 Å². The van der Waals surface area contributed by atoms with E-state index < -0.39 is 17.9 Å². The number of anilines is 1. The van der Waals surface area contributed by atoms with Crippen LogP contribution in [-0.4, -0.2) is 37.8 Å². The molecule has 0 radical (unpaired) electrons. The van der Waals surface area contributed by atoms with E-state index in [2.05, 4.69) is 21.0 Å². The number of benzene rings is 1. The summed E-state index contributed by atoms with van der Waals surface area (Å²) in [7, 11) is 3.47. The Morgan fingerprint density at radius 1 is 1.38 bits per heavy atom. The largest absolute Gasteiger partial charge is 0.444 e. The number of aliphatic imine (C=N–C) groups is 1. The molecule has 1 heterocycles. The Kier molecular flexibility index (Phi) is 5.76. The van der Waals surface area contributed by atoms with Crippen molar-refractivity contribution in [3.8, 4) is 0 Å². The summed E-state index contributed by atoms with van der Waals surface area (Å²) >= 11 is 6.67. The van der Waals surface area contributed by atoms with Crippen LogP contribution in [-0.2, 0) is 10.2 Å². The number of fused-ring (bicyclic) bond motifs is 2. The van der Waals surface area contributed by atoms with Crippen molar-refractivity contribution in [3.63, 3.8) is 0 Å². The summed E-state index contributed by atoms with van der Waals surface area (Å²) in [6.07, 6.45) is 2.22. The summed E-state index contributed by atoms with van der Waals surface area (Å²) in [6, 6.07) is 3.88. The van der Waals surface area contributed by atoms with E-state index in [1.54, 1.807) is 19.0 Å². The van der Waals surface area contributed by atoms with Gasteiger partial charge < -0.3 is 10.1 Å². The van der Waals surface area contributed by atoms with Crippen molar-refractivity contribution >= 4 is 34.9 Å². The third-order valence-corrected chi connectivity index (χ3v) is 5.54. The van der Waals surface area contributed by atoms with E-state index in [0.29, 0.717) is 10.7 Å². The van der Waals surface area contributed by atoms with Crippen LogP contribution >= 0.6 is 11.6 Å². The molecule has 9 heteroatoms. The first-order valence-electron chi connectivity index (χ1n) is 9.81. The van der Waals surface area contributed by atoms with E-state index in [0.717, 1.165) is 29.9 Å². The van der Waals surface area contributed by atoms with E-state index in [1.165, 1.54) is 6.42 Å². The molecule has 0 aromatic heterocycles. The number of carbonyl (C=O) groups excluding carboxylic acids is 1. The third-order valence-electron chi connectivity index (χ3n) is 5.24. The highest BCUT2D eigenvalue weighted by Crippen LogP contribution is 2.54. The molecular formula is C20H29ClN6O2. The molecule has 0 saturated heterocycles. The first kappa shape index (κ1) is 21.4. The van der Waals surface area contributed by atoms with Gasteiger partial charge in [-0.2, -0.15) is 5.11 Å². The quantitative estimate of drug-likeness (QED) is 0.419. The molecule has 29 heavy (non-hydrogen) atoms. The van der Waals surface area contributed by atoms with Gasteiger partial charge in [0.25, 0.3) is 0 Å². The second kappa shape index (κ2) is 7.82. The number of hydrogen-bond donors (Lipinski definition) is 2. The zero-order valence-electron chi connectivity index (χ0n) is 17.8. The van der Waals surface area contributed by atoms with E-state index in [9.17, 15) is 4.79 Å².